The van der Waals surface area contributed by atoms with Gasteiger partial charge >= 0.3 is 5.97 Å². The van der Waals surface area contributed by atoms with Crippen LogP contribution in [-0.4, -0.2) is 31.0 Å². The first-order valence-electron chi connectivity index (χ1n) is 6.89. The predicted octanol–water partition coefficient (Wildman–Crippen LogP) is 2.71. The van der Waals surface area contributed by atoms with Gasteiger partial charge in [0.2, 0.25) is 0 Å². The van der Waals surface area contributed by atoms with E-state index in [1.54, 1.807) is 25.2 Å². The number of para-hydroxylation sites is 1. The van der Waals surface area contributed by atoms with Crippen molar-refractivity contribution in [3.8, 4) is 0 Å². The minimum atomic E-state index is -0.954. The molecule has 0 aliphatic heterocycles. The normalized spacial score (nSPS) is 11.1. The number of carboxylic acids is 1. The molecule has 0 saturated carbocycles. The predicted molar refractivity (Wildman–Crippen MR) is 88.6 cm³/mol. The number of benzene rings is 2. The number of amidine groups is 1. The lowest BCUT2D eigenvalue weighted by Gasteiger charge is -2.24. The van der Waals surface area contributed by atoms with E-state index < -0.39 is 5.97 Å². The highest BCUT2D eigenvalue weighted by Crippen LogP contribution is 2.16. The van der Waals surface area contributed by atoms with Crippen molar-refractivity contribution in [3.05, 3.63) is 65.2 Å². The molecule has 2 aromatic rings. The second kappa shape index (κ2) is 6.76. The molecule has 0 aliphatic carbocycles. The number of hydrogen-bond acceptors (Lipinski definition) is 3. The Hall–Kier alpha value is -2.82. The van der Waals surface area contributed by atoms with Crippen molar-refractivity contribution in [1.82, 2.24) is 5.43 Å². The van der Waals surface area contributed by atoms with Crippen molar-refractivity contribution in [3.63, 3.8) is 0 Å². The van der Waals surface area contributed by atoms with Crippen LogP contribution in [0.2, 0.25) is 0 Å². The SMILES string of the molecule is CN=C(NN(C)c1ccccc1C)c1cccc(C(=O)O)c1. The van der Waals surface area contributed by atoms with Gasteiger partial charge < -0.3 is 5.11 Å². The van der Waals surface area contributed by atoms with Gasteiger partial charge in [0.05, 0.1) is 11.3 Å². The molecule has 0 radical (unpaired) electrons. The molecule has 0 fully saturated rings. The first kappa shape index (κ1) is 15.6. The number of anilines is 1. The lowest BCUT2D eigenvalue weighted by molar-refractivity contribution is 0.0697. The van der Waals surface area contributed by atoms with Crippen LogP contribution in [0.1, 0.15) is 21.5 Å². The maximum atomic E-state index is 11.1. The van der Waals surface area contributed by atoms with Crippen molar-refractivity contribution < 1.29 is 9.90 Å². The summed E-state index contributed by atoms with van der Waals surface area (Å²) in [5.74, 6) is -0.349. The summed E-state index contributed by atoms with van der Waals surface area (Å²) in [6.07, 6.45) is 0. The van der Waals surface area contributed by atoms with Crippen LogP contribution in [0, 0.1) is 6.92 Å². The molecule has 2 aromatic carbocycles. The molecule has 5 heteroatoms. The van der Waals surface area contributed by atoms with Gasteiger partial charge in [-0.3, -0.25) is 15.4 Å². The van der Waals surface area contributed by atoms with Gasteiger partial charge in [-0.2, -0.15) is 0 Å². The van der Waals surface area contributed by atoms with Crippen LogP contribution in [0.3, 0.4) is 0 Å². The summed E-state index contributed by atoms with van der Waals surface area (Å²) in [5, 5.41) is 11.0. The van der Waals surface area contributed by atoms with Gasteiger partial charge in [-0.25, -0.2) is 4.79 Å². The second-order valence-electron chi connectivity index (χ2n) is 4.92. The van der Waals surface area contributed by atoms with Gasteiger partial charge in [0.25, 0.3) is 0 Å². The molecule has 0 amide bonds. The average molecular weight is 297 g/mol. The van der Waals surface area contributed by atoms with Gasteiger partial charge in [-0.15, -0.1) is 0 Å². The number of hydrogen-bond donors (Lipinski definition) is 2. The number of aliphatic imine (C=N–C) groups is 1. The molecule has 22 heavy (non-hydrogen) atoms. The molecule has 0 aromatic heterocycles. The van der Waals surface area contributed by atoms with Crippen LogP contribution < -0.4 is 10.4 Å². The number of carbonyl (C=O) groups is 1. The van der Waals surface area contributed by atoms with Crippen LogP contribution >= 0.6 is 0 Å². The third-order valence-electron chi connectivity index (χ3n) is 3.36. The van der Waals surface area contributed by atoms with E-state index in [0.717, 1.165) is 16.8 Å². The molecule has 0 saturated heterocycles. The van der Waals surface area contributed by atoms with E-state index in [0.29, 0.717) is 5.84 Å². The van der Waals surface area contributed by atoms with E-state index in [9.17, 15) is 4.79 Å². The number of nitrogens with one attached hydrogen (secondary N) is 1. The molecular weight excluding hydrogens is 278 g/mol. The van der Waals surface area contributed by atoms with E-state index in [1.807, 2.05) is 49.3 Å². The first-order chi connectivity index (χ1) is 10.5. The van der Waals surface area contributed by atoms with Crippen LogP contribution in [0.15, 0.2) is 53.5 Å². The Kier molecular flexibility index (Phi) is 4.78. The largest absolute Gasteiger partial charge is 0.478 e. The molecule has 114 valence electrons. The van der Waals surface area contributed by atoms with Crippen LogP contribution in [0.25, 0.3) is 0 Å². The molecule has 0 spiro atoms. The number of aromatic carboxylic acids is 1. The third-order valence-corrected chi connectivity index (χ3v) is 3.36. The smallest absolute Gasteiger partial charge is 0.335 e. The molecule has 2 N–H and O–H groups in total. The molecule has 0 heterocycles. The van der Waals surface area contributed by atoms with E-state index in [1.165, 1.54) is 0 Å². The van der Waals surface area contributed by atoms with Crippen LogP contribution in [0.4, 0.5) is 5.69 Å². The minimum Gasteiger partial charge on any atom is -0.478 e. The zero-order valence-electron chi connectivity index (χ0n) is 12.9. The first-order valence-corrected chi connectivity index (χ1v) is 6.89. The monoisotopic (exact) mass is 297 g/mol. The highest BCUT2D eigenvalue weighted by molar-refractivity contribution is 6.01. The van der Waals surface area contributed by atoms with Gasteiger partial charge in [-0.05, 0) is 30.7 Å². The number of aryl methyl sites for hydroxylation is 1. The zero-order chi connectivity index (χ0) is 16.1. The fourth-order valence-electron chi connectivity index (χ4n) is 2.20. The second-order valence-corrected chi connectivity index (χ2v) is 4.92. The van der Waals surface area contributed by atoms with Gasteiger partial charge in [-0.1, -0.05) is 30.3 Å². The summed E-state index contributed by atoms with van der Waals surface area (Å²) in [6, 6.07) is 14.7. The maximum Gasteiger partial charge on any atom is 0.335 e. The summed E-state index contributed by atoms with van der Waals surface area (Å²) in [7, 11) is 3.57. The lowest BCUT2D eigenvalue weighted by atomic mass is 10.1. The Labute approximate surface area is 129 Å². The highest BCUT2D eigenvalue weighted by Gasteiger charge is 2.10. The number of rotatable bonds is 4. The van der Waals surface area contributed by atoms with E-state index in [-0.39, 0.29) is 5.56 Å². The van der Waals surface area contributed by atoms with Crippen molar-refractivity contribution >= 4 is 17.5 Å². The summed E-state index contributed by atoms with van der Waals surface area (Å²) in [6.45, 7) is 2.03. The summed E-state index contributed by atoms with van der Waals surface area (Å²) in [5.41, 5.74) is 6.31. The summed E-state index contributed by atoms with van der Waals surface area (Å²) >= 11 is 0. The molecular formula is C17H19N3O2. The Bertz CT molecular complexity index is 711. The molecule has 0 bridgehead atoms. The molecule has 5 nitrogen and oxygen atoms in total. The van der Waals surface area contributed by atoms with Crippen LogP contribution in [-0.2, 0) is 0 Å². The fraction of sp³-hybridized carbons (Fsp3) is 0.176. The zero-order valence-corrected chi connectivity index (χ0v) is 12.9. The fourth-order valence-corrected chi connectivity index (χ4v) is 2.20. The van der Waals surface area contributed by atoms with E-state index in [4.69, 9.17) is 5.11 Å². The van der Waals surface area contributed by atoms with Crippen molar-refractivity contribution in [2.45, 2.75) is 6.92 Å². The molecule has 0 aliphatic rings. The summed E-state index contributed by atoms with van der Waals surface area (Å²) < 4.78 is 0. The van der Waals surface area contributed by atoms with Crippen molar-refractivity contribution in [2.75, 3.05) is 19.1 Å². The average Bonchev–Trinajstić information content (AvgIpc) is 2.52. The number of hydrazine groups is 1. The molecule has 2 rings (SSSR count). The third kappa shape index (κ3) is 3.44. The van der Waals surface area contributed by atoms with Crippen molar-refractivity contribution in [1.29, 1.82) is 0 Å². The minimum absolute atomic E-state index is 0.235. The van der Waals surface area contributed by atoms with Gasteiger partial charge in [0.15, 0.2) is 0 Å². The Morgan fingerprint density at radius 2 is 1.82 bits per heavy atom. The van der Waals surface area contributed by atoms with Crippen LogP contribution in [0.5, 0.6) is 0 Å². The molecule has 0 unspecified atom stereocenters. The van der Waals surface area contributed by atoms with Gasteiger partial charge in [0, 0.05) is 19.7 Å². The van der Waals surface area contributed by atoms with E-state index >= 15 is 0 Å². The lowest BCUT2D eigenvalue weighted by Crippen LogP contribution is -2.40. The standard InChI is InChI=1S/C17H19N3O2/c1-12-7-4-5-10-15(12)20(3)19-16(18-2)13-8-6-9-14(11-13)17(21)22/h4-11H,1-3H3,(H,18,19)(H,21,22). The van der Waals surface area contributed by atoms with E-state index in [2.05, 4.69) is 10.4 Å². The number of carboxylic acid groups (broad SMARTS) is 1. The highest BCUT2D eigenvalue weighted by atomic mass is 16.4. The quantitative estimate of drug-likeness (QED) is 0.517. The molecule has 0 atom stereocenters. The van der Waals surface area contributed by atoms with Crippen molar-refractivity contribution in [2.24, 2.45) is 4.99 Å². The Morgan fingerprint density at radius 1 is 1.14 bits per heavy atom. The topological polar surface area (TPSA) is 64.9 Å². The van der Waals surface area contributed by atoms with Gasteiger partial charge in [0.1, 0.15) is 5.84 Å². The Balaban J connectivity index is 2.25. The Morgan fingerprint density at radius 3 is 2.45 bits per heavy atom. The maximum absolute atomic E-state index is 11.1. The number of nitrogens with zero attached hydrogens (tertiary/aromatic N) is 2. The summed E-state index contributed by atoms with van der Waals surface area (Å²) in [4.78, 5) is 15.3.